The highest BCUT2D eigenvalue weighted by Crippen LogP contribution is 2.24. The first-order chi connectivity index (χ1) is 14.3. The third-order valence-corrected chi connectivity index (χ3v) is 8.09. The lowest BCUT2D eigenvalue weighted by atomic mass is 9.96. The van der Waals surface area contributed by atoms with Crippen molar-refractivity contribution in [3.63, 3.8) is 0 Å². The third-order valence-electron chi connectivity index (χ3n) is 5.65. The van der Waals surface area contributed by atoms with Gasteiger partial charge in [0, 0.05) is 29.5 Å². The molecule has 1 heterocycles. The number of sulfonamides is 1. The summed E-state index contributed by atoms with van der Waals surface area (Å²) in [4.78, 5) is 13.0. The molecule has 1 aliphatic rings. The minimum Gasteiger partial charge on any atom is -0.353 e. The fourth-order valence-corrected chi connectivity index (χ4v) is 5.42. The quantitative estimate of drug-likeness (QED) is 0.626. The van der Waals surface area contributed by atoms with Gasteiger partial charge < -0.3 is 5.32 Å². The van der Waals surface area contributed by atoms with Crippen molar-refractivity contribution in [3.05, 3.63) is 64.1 Å². The van der Waals surface area contributed by atoms with Gasteiger partial charge in [0.25, 0.3) is 0 Å². The number of hydrogen-bond donors (Lipinski definition) is 1. The zero-order chi connectivity index (χ0) is 21.7. The van der Waals surface area contributed by atoms with Crippen LogP contribution in [0.3, 0.4) is 0 Å². The van der Waals surface area contributed by atoms with Crippen LogP contribution in [0.1, 0.15) is 37.3 Å². The highest BCUT2D eigenvalue weighted by atomic mass is 79.9. The van der Waals surface area contributed by atoms with Gasteiger partial charge in [-0.15, -0.1) is 0 Å². The molecule has 1 fully saturated rings. The molecule has 1 N–H and O–H groups in total. The normalized spacial score (nSPS) is 16.9. The van der Waals surface area contributed by atoms with E-state index < -0.39 is 10.0 Å². The second kappa shape index (κ2) is 10.1. The van der Waals surface area contributed by atoms with Gasteiger partial charge in [-0.05, 0) is 69.4 Å². The molecule has 0 spiro atoms. The summed E-state index contributed by atoms with van der Waals surface area (Å²) in [6, 6.07) is 15.2. The predicted molar refractivity (Wildman–Crippen MR) is 123 cm³/mol. The van der Waals surface area contributed by atoms with Crippen LogP contribution >= 0.6 is 15.9 Å². The van der Waals surface area contributed by atoms with Gasteiger partial charge in [0.1, 0.15) is 0 Å². The van der Waals surface area contributed by atoms with Gasteiger partial charge in [-0.3, -0.25) is 4.79 Å². The van der Waals surface area contributed by atoms with Crippen LogP contribution in [0.15, 0.2) is 57.9 Å². The Bertz CT molecular complexity index is 951. The summed E-state index contributed by atoms with van der Waals surface area (Å²) in [5.74, 6) is -0.102. The summed E-state index contributed by atoms with van der Waals surface area (Å²) in [6.07, 6.45) is 2.88. The molecular weight excluding hydrogens is 464 g/mol. The highest BCUT2D eigenvalue weighted by molar-refractivity contribution is 9.10. The van der Waals surface area contributed by atoms with Crippen LogP contribution < -0.4 is 5.32 Å². The van der Waals surface area contributed by atoms with E-state index in [4.69, 9.17) is 0 Å². The molecule has 0 aliphatic carbocycles. The molecule has 30 heavy (non-hydrogen) atoms. The van der Waals surface area contributed by atoms with Crippen molar-refractivity contribution in [1.29, 1.82) is 0 Å². The van der Waals surface area contributed by atoms with Crippen molar-refractivity contribution in [1.82, 2.24) is 9.62 Å². The number of aryl methyl sites for hydroxylation is 2. The SMILES string of the molecule is Cc1ccc(S(=O)(=O)N2CCC(C(=O)NC(C)CCc3ccc(Br)cc3)CC2)cc1. The Morgan fingerprint density at radius 3 is 2.30 bits per heavy atom. The summed E-state index contributed by atoms with van der Waals surface area (Å²) in [5, 5.41) is 3.11. The number of piperidine rings is 1. The number of benzene rings is 2. The maximum absolute atomic E-state index is 12.8. The molecule has 162 valence electrons. The molecule has 0 radical (unpaired) electrons. The lowest BCUT2D eigenvalue weighted by Gasteiger charge is -2.31. The van der Waals surface area contributed by atoms with Gasteiger partial charge >= 0.3 is 0 Å². The molecule has 1 aliphatic heterocycles. The van der Waals surface area contributed by atoms with Gasteiger partial charge in [0.15, 0.2) is 0 Å². The molecule has 1 unspecified atom stereocenters. The number of carbonyl (C=O) groups excluding carboxylic acids is 1. The molecule has 0 bridgehead atoms. The van der Waals surface area contributed by atoms with Crippen LogP contribution in [0, 0.1) is 12.8 Å². The van der Waals surface area contributed by atoms with E-state index in [0.717, 1.165) is 22.9 Å². The number of nitrogens with zero attached hydrogens (tertiary/aromatic N) is 1. The highest BCUT2D eigenvalue weighted by Gasteiger charge is 2.32. The molecule has 2 aromatic rings. The molecule has 0 saturated carbocycles. The molecule has 2 aromatic carbocycles. The molecule has 3 rings (SSSR count). The van der Waals surface area contributed by atoms with Crippen LogP contribution in [-0.2, 0) is 21.2 Å². The van der Waals surface area contributed by atoms with E-state index in [2.05, 4.69) is 33.4 Å². The van der Waals surface area contributed by atoms with E-state index in [1.165, 1.54) is 9.87 Å². The van der Waals surface area contributed by atoms with Crippen molar-refractivity contribution in [2.24, 2.45) is 5.92 Å². The molecule has 1 amide bonds. The van der Waals surface area contributed by atoms with Crippen LogP contribution in [0.2, 0.25) is 0 Å². The molecule has 1 saturated heterocycles. The van der Waals surface area contributed by atoms with Crippen molar-refractivity contribution >= 4 is 31.9 Å². The average molecular weight is 493 g/mol. The van der Waals surface area contributed by atoms with Gasteiger partial charge in [0.2, 0.25) is 15.9 Å². The van der Waals surface area contributed by atoms with Crippen molar-refractivity contribution in [3.8, 4) is 0 Å². The summed E-state index contributed by atoms with van der Waals surface area (Å²) in [7, 11) is -3.50. The zero-order valence-corrected chi connectivity index (χ0v) is 19.9. The molecule has 5 nitrogen and oxygen atoms in total. The second-order valence-corrected chi connectivity index (χ2v) is 10.9. The van der Waals surface area contributed by atoms with E-state index in [-0.39, 0.29) is 17.9 Å². The number of halogens is 1. The summed E-state index contributed by atoms with van der Waals surface area (Å²) < 4.78 is 28.2. The number of nitrogens with one attached hydrogen (secondary N) is 1. The fraction of sp³-hybridized carbons (Fsp3) is 0.435. The van der Waals surface area contributed by atoms with Crippen molar-refractivity contribution in [2.45, 2.75) is 50.5 Å². The predicted octanol–water partition coefficient (Wildman–Crippen LogP) is 4.30. The zero-order valence-electron chi connectivity index (χ0n) is 17.5. The first-order valence-corrected chi connectivity index (χ1v) is 12.6. The van der Waals surface area contributed by atoms with E-state index in [1.54, 1.807) is 12.1 Å². The largest absolute Gasteiger partial charge is 0.353 e. The third kappa shape index (κ3) is 5.93. The fourth-order valence-electron chi connectivity index (χ4n) is 3.68. The van der Waals surface area contributed by atoms with Crippen LogP contribution in [0.25, 0.3) is 0 Å². The lowest BCUT2D eigenvalue weighted by Crippen LogP contribution is -2.44. The Kier molecular flexibility index (Phi) is 7.71. The van der Waals surface area contributed by atoms with Gasteiger partial charge in [-0.25, -0.2) is 8.42 Å². The second-order valence-electron chi connectivity index (χ2n) is 8.07. The van der Waals surface area contributed by atoms with Crippen LogP contribution in [0.4, 0.5) is 0 Å². The summed E-state index contributed by atoms with van der Waals surface area (Å²) in [5.41, 5.74) is 2.27. The van der Waals surface area contributed by atoms with E-state index >= 15 is 0 Å². The van der Waals surface area contributed by atoms with Gasteiger partial charge in [-0.2, -0.15) is 4.31 Å². The minimum absolute atomic E-state index is 0.0330. The van der Waals surface area contributed by atoms with Crippen LogP contribution in [-0.4, -0.2) is 37.8 Å². The van der Waals surface area contributed by atoms with Gasteiger partial charge in [0.05, 0.1) is 4.90 Å². The smallest absolute Gasteiger partial charge is 0.243 e. The first kappa shape index (κ1) is 23.0. The summed E-state index contributed by atoms with van der Waals surface area (Å²) >= 11 is 3.44. The molecule has 1 atom stereocenters. The minimum atomic E-state index is -3.50. The standard InChI is InChI=1S/C23H29BrN2O3S/c1-17-3-11-22(12-4-17)30(28,29)26-15-13-20(14-16-26)23(27)25-18(2)5-6-19-7-9-21(24)10-8-19/h3-4,7-12,18,20H,5-6,13-16H2,1-2H3,(H,25,27). The van der Waals surface area contributed by atoms with Crippen LogP contribution in [0.5, 0.6) is 0 Å². The topological polar surface area (TPSA) is 66.5 Å². The molecule has 0 aromatic heterocycles. The Morgan fingerprint density at radius 1 is 1.10 bits per heavy atom. The van der Waals surface area contributed by atoms with Gasteiger partial charge in [-0.1, -0.05) is 45.8 Å². The van der Waals surface area contributed by atoms with E-state index in [9.17, 15) is 13.2 Å². The van der Waals surface area contributed by atoms with Crippen molar-refractivity contribution < 1.29 is 13.2 Å². The average Bonchev–Trinajstić information content (AvgIpc) is 2.74. The van der Waals surface area contributed by atoms with Crippen molar-refractivity contribution in [2.75, 3.05) is 13.1 Å². The molecule has 7 heteroatoms. The Hall–Kier alpha value is -1.70. The van der Waals surface area contributed by atoms with E-state index in [1.807, 2.05) is 38.1 Å². The lowest BCUT2D eigenvalue weighted by molar-refractivity contribution is -0.126. The maximum atomic E-state index is 12.8. The van der Waals surface area contributed by atoms with E-state index in [0.29, 0.717) is 30.8 Å². The number of amides is 1. The first-order valence-electron chi connectivity index (χ1n) is 10.4. The Labute approximate surface area is 188 Å². The Balaban J connectivity index is 1.47. The monoisotopic (exact) mass is 492 g/mol. The number of rotatable bonds is 7. The maximum Gasteiger partial charge on any atom is 0.243 e. The summed E-state index contributed by atoms with van der Waals surface area (Å²) in [6.45, 7) is 4.71. The molecular formula is C23H29BrN2O3S. The number of carbonyl (C=O) groups is 1. The Morgan fingerprint density at radius 2 is 1.70 bits per heavy atom. The number of hydrogen-bond acceptors (Lipinski definition) is 3.